The van der Waals surface area contributed by atoms with E-state index in [0.717, 1.165) is 3.57 Å². The average Bonchev–Trinajstić information content (AvgIpc) is 1.93. The second kappa shape index (κ2) is 3.12. The van der Waals surface area contributed by atoms with E-state index in [9.17, 15) is 0 Å². The van der Waals surface area contributed by atoms with Gasteiger partial charge in [-0.05, 0) is 57.3 Å². The topological polar surface area (TPSA) is 40.5 Å². The Morgan fingerprint density at radius 1 is 1.10 bits per heavy atom. The summed E-state index contributed by atoms with van der Waals surface area (Å²) in [5, 5.41) is 18.1. The third-order valence-corrected chi connectivity index (χ3v) is 4.07. The maximum atomic E-state index is 9.12. The largest absolute Gasteiger partial charge is 0.504 e. The standard InChI is InChI=1S/C6H4I2O2/c7-3-1-2-4(9)6(10)5(3)8/h1-2,9-10H. The Hall–Kier alpha value is 0.280. The molecule has 0 bridgehead atoms. The highest BCUT2D eigenvalue weighted by molar-refractivity contribution is 14.1. The average molecular weight is 362 g/mol. The molecule has 0 spiro atoms. The molecular formula is C6H4I2O2. The lowest BCUT2D eigenvalue weighted by Gasteiger charge is -2.00. The first kappa shape index (κ1) is 8.38. The number of aromatic hydroxyl groups is 2. The molecule has 0 radical (unpaired) electrons. The van der Waals surface area contributed by atoms with Gasteiger partial charge in [0, 0.05) is 3.57 Å². The highest BCUT2D eigenvalue weighted by atomic mass is 127. The second-order valence-corrected chi connectivity index (χ2v) is 3.97. The van der Waals surface area contributed by atoms with Crippen LogP contribution in [0.25, 0.3) is 0 Å². The van der Waals surface area contributed by atoms with E-state index in [1.165, 1.54) is 6.07 Å². The van der Waals surface area contributed by atoms with Gasteiger partial charge in [0.1, 0.15) is 0 Å². The summed E-state index contributed by atoms with van der Waals surface area (Å²) in [7, 11) is 0. The molecule has 0 unspecified atom stereocenters. The van der Waals surface area contributed by atoms with E-state index in [0.29, 0.717) is 3.57 Å². The number of hydrogen-bond donors (Lipinski definition) is 2. The molecule has 0 aromatic heterocycles. The van der Waals surface area contributed by atoms with Crippen molar-refractivity contribution in [2.24, 2.45) is 0 Å². The molecule has 2 N–H and O–H groups in total. The van der Waals surface area contributed by atoms with Crippen LogP contribution in [0.4, 0.5) is 0 Å². The Labute approximate surface area is 85.5 Å². The summed E-state index contributed by atoms with van der Waals surface area (Å²) < 4.78 is 1.63. The molecule has 4 heteroatoms. The number of benzene rings is 1. The molecule has 0 atom stereocenters. The molecule has 0 amide bonds. The third kappa shape index (κ3) is 1.47. The fourth-order valence-corrected chi connectivity index (χ4v) is 1.42. The van der Waals surface area contributed by atoms with Crippen LogP contribution in [0.3, 0.4) is 0 Å². The zero-order chi connectivity index (χ0) is 7.72. The molecular weight excluding hydrogens is 358 g/mol. The number of rotatable bonds is 0. The van der Waals surface area contributed by atoms with Crippen LogP contribution >= 0.6 is 45.2 Å². The lowest BCUT2D eigenvalue weighted by Crippen LogP contribution is -1.79. The van der Waals surface area contributed by atoms with E-state index >= 15 is 0 Å². The summed E-state index contributed by atoms with van der Waals surface area (Å²) in [6.45, 7) is 0. The molecule has 1 aromatic rings. The predicted molar refractivity (Wildman–Crippen MR) is 55.2 cm³/mol. The zero-order valence-electron chi connectivity index (χ0n) is 4.81. The van der Waals surface area contributed by atoms with Crippen molar-refractivity contribution in [2.75, 3.05) is 0 Å². The van der Waals surface area contributed by atoms with Crippen LogP contribution in [0.5, 0.6) is 11.5 Å². The minimum Gasteiger partial charge on any atom is -0.504 e. The van der Waals surface area contributed by atoms with E-state index in [1.807, 2.05) is 22.6 Å². The molecule has 0 fully saturated rings. The Balaban J connectivity index is 3.34. The van der Waals surface area contributed by atoms with Gasteiger partial charge in [-0.25, -0.2) is 0 Å². The normalized spacial score (nSPS) is 9.80. The lowest BCUT2D eigenvalue weighted by molar-refractivity contribution is 0.400. The first-order valence-corrected chi connectivity index (χ1v) is 4.64. The quantitative estimate of drug-likeness (QED) is 0.550. The molecule has 0 saturated heterocycles. The van der Waals surface area contributed by atoms with Crippen LogP contribution in [0.2, 0.25) is 0 Å². The summed E-state index contributed by atoms with van der Waals surface area (Å²) in [4.78, 5) is 0. The van der Waals surface area contributed by atoms with Gasteiger partial charge in [-0.1, -0.05) is 0 Å². The van der Waals surface area contributed by atoms with E-state index < -0.39 is 0 Å². The third-order valence-electron chi connectivity index (χ3n) is 1.05. The molecule has 0 aliphatic heterocycles. The predicted octanol–water partition coefficient (Wildman–Crippen LogP) is 2.31. The number of halogens is 2. The summed E-state index contributed by atoms with van der Waals surface area (Å²) in [6, 6.07) is 3.22. The van der Waals surface area contributed by atoms with Crippen molar-refractivity contribution in [3.8, 4) is 11.5 Å². The monoisotopic (exact) mass is 362 g/mol. The van der Waals surface area contributed by atoms with Crippen molar-refractivity contribution in [3.05, 3.63) is 19.3 Å². The van der Waals surface area contributed by atoms with Gasteiger partial charge in [0.05, 0.1) is 3.57 Å². The van der Waals surface area contributed by atoms with E-state index in [1.54, 1.807) is 6.07 Å². The first-order valence-electron chi connectivity index (χ1n) is 2.49. The molecule has 0 saturated carbocycles. The number of phenolic OH excluding ortho intramolecular Hbond substituents is 2. The van der Waals surface area contributed by atoms with Gasteiger partial charge in [0.15, 0.2) is 11.5 Å². The molecule has 1 rings (SSSR count). The summed E-state index contributed by atoms with van der Waals surface area (Å²) >= 11 is 4.07. The first-order chi connectivity index (χ1) is 4.63. The van der Waals surface area contributed by atoms with Crippen molar-refractivity contribution in [1.82, 2.24) is 0 Å². The lowest BCUT2D eigenvalue weighted by atomic mass is 10.3. The van der Waals surface area contributed by atoms with Gasteiger partial charge in [0.2, 0.25) is 0 Å². The van der Waals surface area contributed by atoms with Gasteiger partial charge in [0.25, 0.3) is 0 Å². The molecule has 0 heterocycles. The summed E-state index contributed by atoms with van der Waals surface area (Å²) in [5.74, 6) is -0.0997. The maximum absolute atomic E-state index is 9.12. The van der Waals surface area contributed by atoms with E-state index in [2.05, 4.69) is 22.6 Å². The van der Waals surface area contributed by atoms with Gasteiger partial charge < -0.3 is 10.2 Å². The fourth-order valence-electron chi connectivity index (χ4n) is 0.530. The fraction of sp³-hybridized carbons (Fsp3) is 0. The highest BCUT2D eigenvalue weighted by Gasteiger charge is 2.05. The van der Waals surface area contributed by atoms with Crippen molar-refractivity contribution in [1.29, 1.82) is 0 Å². The Bertz CT molecular complexity index is 233. The highest BCUT2D eigenvalue weighted by Crippen LogP contribution is 2.32. The van der Waals surface area contributed by atoms with Crippen LogP contribution in [-0.2, 0) is 0 Å². The molecule has 10 heavy (non-hydrogen) atoms. The number of hydrogen-bond acceptors (Lipinski definition) is 2. The summed E-state index contributed by atoms with van der Waals surface area (Å²) in [6.07, 6.45) is 0. The van der Waals surface area contributed by atoms with Gasteiger partial charge in [-0.2, -0.15) is 0 Å². The summed E-state index contributed by atoms with van der Waals surface area (Å²) in [5.41, 5.74) is 0. The maximum Gasteiger partial charge on any atom is 0.172 e. The van der Waals surface area contributed by atoms with Gasteiger partial charge in [-0.15, -0.1) is 0 Å². The minimum atomic E-state index is -0.0650. The van der Waals surface area contributed by atoms with Crippen LogP contribution in [0.1, 0.15) is 0 Å². The van der Waals surface area contributed by atoms with Gasteiger partial charge >= 0.3 is 0 Å². The molecule has 54 valence electrons. The van der Waals surface area contributed by atoms with Crippen LogP contribution in [-0.4, -0.2) is 10.2 Å². The van der Waals surface area contributed by atoms with E-state index in [-0.39, 0.29) is 11.5 Å². The minimum absolute atomic E-state index is 0.0347. The van der Waals surface area contributed by atoms with Crippen molar-refractivity contribution >= 4 is 45.2 Å². The molecule has 0 aliphatic rings. The van der Waals surface area contributed by atoms with Crippen LogP contribution in [0, 0.1) is 7.14 Å². The Kier molecular flexibility index (Phi) is 2.61. The second-order valence-electron chi connectivity index (χ2n) is 1.73. The molecule has 0 aliphatic carbocycles. The number of phenols is 2. The van der Waals surface area contributed by atoms with Crippen molar-refractivity contribution in [2.45, 2.75) is 0 Å². The Morgan fingerprint density at radius 2 is 1.70 bits per heavy atom. The van der Waals surface area contributed by atoms with Gasteiger partial charge in [-0.3, -0.25) is 0 Å². The Morgan fingerprint density at radius 3 is 2.20 bits per heavy atom. The molecule has 2 nitrogen and oxygen atoms in total. The molecule has 1 aromatic carbocycles. The van der Waals surface area contributed by atoms with E-state index in [4.69, 9.17) is 10.2 Å². The van der Waals surface area contributed by atoms with Crippen LogP contribution in [0.15, 0.2) is 12.1 Å². The van der Waals surface area contributed by atoms with Crippen molar-refractivity contribution in [3.63, 3.8) is 0 Å². The SMILES string of the molecule is Oc1ccc(I)c(I)c1O. The smallest absolute Gasteiger partial charge is 0.172 e. The zero-order valence-corrected chi connectivity index (χ0v) is 9.12. The van der Waals surface area contributed by atoms with Crippen LogP contribution < -0.4 is 0 Å². The van der Waals surface area contributed by atoms with Crippen molar-refractivity contribution < 1.29 is 10.2 Å².